The molecule has 3 aliphatic heterocycles. The standard InChI is InChI=1S/C28H32ClFN6O5S/c1-3-5-9-17-22-23(26(37)38)35(11-12-36(22)28(40)33-17)14-18-19(27(39)41-4-2)21(15-7-6-8-16(30)20(15)29)34-24(32-18)25-31-10-13-42-25/h6-8,10,13,17,21-23H,3-5,9,11-12,14H2,1-2H3,(H,32,34)(H,33,40)(H,37,38)/t17?,21-,22?,23?/m0/s1. The number of rotatable bonds is 10. The van der Waals surface area contributed by atoms with Gasteiger partial charge in [-0.15, -0.1) is 11.3 Å². The van der Waals surface area contributed by atoms with Crippen LogP contribution in [-0.2, 0) is 14.3 Å². The lowest BCUT2D eigenvalue weighted by Crippen LogP contribution is -2.64. The number of carboxylic acid groups (broad SMARTS) is 1. The Kier molecular flexibility index (Phi) is 9.09. The molecule has 224 valence electrons. The molecular formula is C28H32ClFN6O5S. The Hall–Kier alpha value is -3.55. The van der Waals surface area contributed by atoms with Crippen LogP contribution in [0.15, 0.2) is 46.0 Å². The monoisotopic (exact) mass is 618 g/mol. The molecule has 0 bridgehead atoms. The molecule has 4 atom stereocenters. The molecule has 0 spiro atoms. The minimum absolute atomic E-state index is 0.00201. The molecule has 2 aromatic rings. The van der Waals surface area contributed by atoms with Gasteiger partial charge in [0, 0.05) is 42.5 Å². The second kappa shape index (κ2) is 12.8. The number of aliphatic imine (C=N–C) groups is 1. The summed E-state index contributed by atoms with van der Waals surface area (Å²) in [5.41, 5.74) is 0.707. The number of nitrogens with one attached hydrogen (secondary N) is 2. The summed E-state index contributed by atoms with van der Waals surface area (Å²) >= 11 is 7.72. The molecule has 11 nitrogen and oxygen atoms in total. The number of nitrogens with zero attached hydrogens (tertiary/aromatic N) is 4. The number of hydrogen-bond acceptors (Lipinski definition) is 9. The summed E-state index contributed by atoms with van der Waals surface area (Å²) in [5.74, 6) is -2.09. The first-order valence-corrected chi connectivity index (χ1v) is 15.1. The number of fused-ring (bicyclic) bond motifs is 1. The van der Waals surface area contributed by atoms with Crippen LogP contribution >= 0.6 is 22.9 Å². The van der Waals surface area contributed by atoms with Crippen LogP contribution in [0.4, 0.5) is 9.18 Å². The highest BCUT2D eigenvalue weighted by Crippen LogP contribution is 2.38. The number of ether oxygens (including phenoxy) is 1. The highest BCUT2D eigenvalue weighted by molar-refractivity contribution is 7.11. The zero-order valence-corrected chi connectivity index (χ0v) is 24.8. The van der Waals surface area contributed by atoms with Crippen molar-refractivity contribution in [1.82, 2.24) is 25.4 Å². The summed E-state index contributed by atoms with van der Waals surface area (Å²) in [5, 5.41) is 18.7. The van der Waals surface area contributed by atoms with Gasteiger partial charge in [0.1, 0.15) is 17.9 Å². The Balaban J connectivity index is 1.59. The molecule has 4 heterocycles. The number of thiazole rings is 1. The van der Waals surface area contributed by atoms with E-state index in [9.17, 15) is 23.9 Å². The summed E-state index contributed by atoms with van der Waals surface area (Å²) in [6.07, 6.45) is 4.00. The van der Waals surface area contributed by atoms with E-state index in [1.807, 2.05) is 6.92 Å². The lowest BCUT2D eigenvalue weighted by Gasteiger charge is -2.44. The average molecular weight is 619 g/mol. The molecule has 14 heteroatoms. The first-order valence-electron chi connectivity index (χ1n) is 13.9. The van der Waals surface area contributed by atoms with E-state index in [1.165, 1.54) is 23.5 Å². The molecule has 0 saturated carbocycles. The minimum atomic E-state index is -1.07. The summed E-state index contributed by atoms with van der Waals surface area (Å²) in [7, 11) is 0. The first kappa shape index (κ1) is 29.9. The minimum Gasteiger partial charge on any atom is -0.480 e. The van der Waals surface area contributed by atoms with Crippen molar-refractivity contribution in [2.24, 2.45) is 4.99 Å². The lowest BCUT2D eigenvalue weighted by molar-refractivity contribution is -0.147. The lowest BCUT2D eigenvalue weighted by atomic mass is 9.91. The number of esters is 1. The fraction of sp³-hybridized carbons (Fsp3) is 0.464. The molecule has 3 unspecified atom stereocenters. The van der Waals surface area contributed by atoms with Crippen molar-refractivity contribution in [2.75, 3.05) is 26.2 Å². The number of amidine groups is 1. The van der Waals surface area contributed by atoms with E-state index in [1.54, 1.807) is 34.4 Å². The van der Waals surface area contributed by atoms with Gasteiger partial charge in [0.15, 0.2) is 10.8 Å². The van der Waals surface area contributed by atoms with Gasteiger partial charge in [0.05, 0.1) is 29.3 Å². The number of aliphatic carboxylic acids is 1. The third-order valence-electron chi connectivity index (χ3n) is 7.70. The van der Waals surface area contributed by atoms with Crippen LogP contribution in [0.5, 0.6) is 0 Å². The number of hydrogen-bond donors (Lipinski definition) is 3. The molecule has 0 aliphatic carbocycles. The molecule has 3 N–H and O–H groups in total. The molecule has 2 amide bonds. The number of carboxylic acids is 1. The zero-order chi connectivity index (χ0) is 30.0. The second-order valence-electron chi connectivity index (χ2n) is 10.2. The Morgan fingerprint density at radius 3 is 2.79 bits per heavy atom. The van der Waals surface area contributed by atoms with Crippen molar-refractivity contribution in [1.29, 1.82) is 0 Å². The molecule has 0 radical (unpaired) electrons. The Morgan fingerprint density at radius 1 is 1.29 bits per heavy atom. The van der Waals surface area contributed by atoms with Crippen LogP contribution in [0, 0.1) is 5.82 Å². The highest BCUT2D eigenvalue weighted by Gasteiger charge is 2.51. The van der Waals surface area contributed by atoms with Crippen LogP contribution in [0.2, 0.25) is 5.02 Å². The largest absolute Gasteiger partial charge is 0.480 e. The Labute approximate surface area is 251 Å². The van der Waals surface area contributed by atoms with Gasteiger partial charge in [-0.25, -0.2) is 19.0 Å². The van der Waals surface area contributed by atoms with Gasteiger partial charge in [-0.1, -0.05) is 43.5 Å². The molecule has 5 rings (SSSR count). The van der Waals surface area contributed by atoms with Gasteiger partial charge < -0.3 is 25.4 Å². The number of aromatic nitrogens is 1. The molecule has 1 aromatic carbocycles. The topological polar surface area (TPSA) is 136 Å². The van der Waals surface area contributed by atoms with Crippen molar-refractivity contribution in [3.05, 3.63) is 62.5 Å². The van der Waals surface area contributed by atoms with E-state index >= 15 is 0 Å². The van der Waals surface area contributed by atoms with Gasteiger partial charge in [-0.3, -0.25) is 14.7 Å². The molecule has 1 aromatic heterocycles. The van der Waals surface area contributed by atoms with Crippen LogP contribution in [-0.4, -0.2) is 88.1 Å². The fourth-order valence-corrected chi connectivity index (χ4v) is 6.65. The van der Waals surface area contributed by atoms with Gasteiger partial charge in [0.2, 0.25) is 0 Å². The summed E-state index contributed by atoms with van der Waals surface area (Å²) < 4.78 is 20.0. The van der Waals surface area contributed by atoms with Crippen molar-refractivity contribution < 1.29 is 28.6 Å². The Bertz CT molecular complexity index is 1420. The van der Waals surface area contributed by atoms with Crippen molar-refractivity contribution in [2.45, 2.75) is 57.3 Å². The van der Waals surface area contributed by atoms with Crippen LogP contribution < -0.4 is 10.6 Å². The summed E-state index contributed by atoms with van der Waals surface area (Å²) in [4.78, 5) is 51.5. The van der Waals surface area contributed by atoms with E-state index in [2.05, 4.69) is 15.6 Å². The maximum atomic E-state index is 14.6. The van der Waals surface area contributed by atoms with E-state index in [4.69, 9.17) is 21.3 Å². The number of benzene rings is 1. The third-order valence-corrected chi connectivity index (χ3v) is 8.88. The maximum Gasteiger partial charge on any atom is 0.338 e. The number of urea groups is 1. The Morgan fingerprint density at radius 2 is 2.10 bits per heavy atom. The van der Waals surface area contributed by atoms with Crippen LogP contribution in [0.3, 0.4) is 0 Å². The quantitative estimate of drug-likeness (QED) is 0.344. The number of piperazine rings is 1. The predicted octanol–water partition coefficient (Wildman–Crippen LogP) is 3.57. The SMILES string of the molecule is CCCCC1NC(=O)N2CCN(CC3=C(C(=O)OCC)[C@H](c4cccc(F)c4Cl)N=C(c4nccs4)N3)C(C(=O)O)C12. The molecular weight excluding hydrogens is 587 g/mol. The number of amides is 2. The van der Waals surface area contributed by atoms with Crippen LogP contribution in [0.1, 0.15) is 49.7 Å². The molecule has 3 aliphatic rings. The van der Waals surface area contributed by atoms with Gasteiger partial charge in [-0.2, -0.15) is 0 Å². The van der Waals surface area contributed by atoms with Gasteiger partial charge >= 0.3 is 18.0 Å². The molecule has 42 heavy (non-hydrogen) atoms. The van der Waals surface area contributed by atoms with E-state index in [-0.39, 0.29) is 47.9 Å². The number of carbonyl (C=O) groups is 3. The van der Waals surface area contributed by atoms with E-state index in [0.29, 0.717) is 29.5 Å². The van der Waals surface area contributed by atoms with Crippen molar-refractivity contribution in [3.63, 3.8) is 0 Å². The average Bonchev–Trinajstić information content (AvgIpc) is 3.61. The van der Waals surface area contributed by atoms with E-state index < -0.39 is 35.9 Å². The van der Waals surface area contributed by atoms with Gasteiger partial charge in [-0.05, 0) is 19.4 Å². The first-order chi connectivity index (χ1) is 20.2. The summed E-state index contributed by atoms with van der Waals surface area (Å²) in [6.45, 7) is 4.35. The van der Waals surface area contributed by atoms with Crippen LogP contribution in [0.25, 0.3) is 0 Å². The van der Waals surface area contributed by atoms with Crippen molar-refractivity contribution in [3.8, 4) is 0 Å². The normalized spacial score (nSPS) is 24.1. The number of carbonyl (C=O) groups excluding carboxylic acids is 2. The summed E-state index contributed by atoms with van der Waals surface area (Å²) in [6, 6.07) is 1.02. The maximum absolute atomic E-state index is 14.6. The highest BCUT2D eigenvalue weighted by atomic mass is 35.5. The van der Waals surface area contributed by atoms with E-state index in [0.717, 1.165) is 12.8 Å². The molecule has 2 saturated heterocycles. The fourth-order valence-electron chi connectivity index (χ4n) is 5.84. The molecule has 2 fully saturated rings. The smallest absolute Gasteiger partial charge is 0.338 e. The van der Waals surface area contributed by atoms with Crippen molar-refractivity contribution >= 4 is 46.7 Å². The third kappa shape index (κ3) is 5.72. The zero-order valence-electron chi connectivity index (χ0n) is 23.2. The number of unbranched alkanes of at least 4 members (excludes halogenated alkanes) is 1. The number of halogens is 2. The second-order valence-corrected chi connectivity index (χ2v) is 11.5. The predicted molar refractivity (Wildman–Crippen MR) is 155 cm³/mol. The van der Waals surface area contributed by atoms with Gasteiger partial charge in [0.25, 0.3) is 0 Å².